The Hall–Kier alpha value is -0.570. The molecule has 0 aromatic heterocycles. The molecule has 0 aromatic rings. The van der Waals surface area contributed by atoms with Crippen LogP contribution in [0.15, 0.2) is 0 Å². The van der Waals surface area contributed by atoms with E-state index < -0.39 is 5.97 Å². The summed E-state index contributed by atoms with van der Waals surface area (Å²) < 4.78 is 0. The average Bonchev–Trinajstić information content (AvgIpc) is 2.05. The molecule has 68 valence electrons. The molecule has 1 aliphatic carbocycles. The maximum atomic E-state index is 10.9. The van der Waals surface area contributed by atoms with Crippen molar-refractivity contribution in [3.63, 3.8) is 0 Å². The maximum absolute atomic E-state index is 10.9. The van der Waals surface area contributed by atoms with E-state index in [1.165, 1.54) is 12.8 Å². The normalized spacial score (nSPS) is 41.6. The van der Waals surface area contributed by atoms with Crippen LogP contribution in [0.5, 0.6) is 0 Å². The lowest BCUT2D eigenvalue weighted by atomic mass is 9.75. The van der Waals surface area contributed by atoms with E-state index in [0.29, 0.717) is 12.0 Å². The molecule has 2 bridgehead atoms. The predicted octanol–water partition coefficient (Wildman–Crippen LogP) is 0.944. The Morgan fingerprint density at radius 3 is 2.25 bits per heavy atom. The first kappa shape index (κ1) is 8.05. The van der Waals surface area contributed by atoms with Gasteiger partial charge in [0.25, 0.3) is 0 Å². The van der Waals surface area contributed by atoms with Gasteiger partial charge in [0.15, 0.2) is 0 Å². The smallest absolute Gasteiger partial charge is 0.321 e. The molecule has 2 aliphatic heterocycles. The summed E-state index contributed by atoms with van der Waals surface area (Å²) in [5.41, 5.74) is 0. The molecule has 3 heteroatoms. The van der Waals surface area contributed by atoms with Crippen LogP contribution in [0.4, 0.5) is 0 Å². The Labute approximate surface area is 72.4 Å². The summed E-state index contributed by atoms with van der Waals surface area (Å²) in [7, 11) is 1.95. The van der Waals surface area contributed by atoms with E-state index in [4.69, 9.17) is 5.11 Å². The molecule has 12 heavy (non-hydrogen) atoms. The molecule has 3 aliphatic rings. The summed E-state index contributed by atoms with van der Waals surface area (Å²) in [6, 6.07) is 0.341. The zero-order valence-electron chi connectivity index (χ0n) is 7.36. The van der Waals surface area contributed by atoms with Crippen molar-refractivity contribution >= 4 is 5.97 Å². The summed E-state index contributed by atoms with van der Waals surface area (Å²) in [5.74, 6) is -0.218. The van der Waals surface area contributed by atoms with Gasteiger partial charge in [-0.05, 0) is 38.6 Å². The van der Waals surface area contributed by atoms with Crippen molar-refractivity contribution in [1.82, 2.24) is 4.90 Å². The van der Waals surface area contributed by atoms with Gasteiger partial charge in [0.2, 0.25) is 0 Å². The largest absolute Gasteiger partial charge is 0.480 e. The lowest BCUT2D eigenvalue weighted by Gasteiger charge is -2.47. The number of aliphatic carboxylic acids is 1. The molecule has 2 saturated heterocycles. The summed E-state index contributed by atoms with van der Waals surface area (Å²) in [5, 5.41) is 8.99. The molecule has 0 amide bonds. The number of carboxylic acids is 1. The van der Waals surface area contributed by atoms with E-state index in [1.54, 1.807) is 0 Å². The van der Waals surface area contributed by atoms with E-state index in [1.807, 2.05) is 7.05 Å². The molecule has 1 saturated carbocycles. The highest BCUT2D eigenvalue weighted by molar-refractivity contribution is 5.74. The van der Waals surface area contributed by atoms with Gasteiger partial charge >= 0.3 is 5.97 Å². The third-order valence-electron chi connectivity index (χ3n) is 3.46. The highest BCUT2D eigenvalue weighted by atomic mass is 16.4. The minimum atomic E-state index is -0.632. The first-order valence-corrected chi connectivity index (χ1v) is 4.65. The molecule has 1 N–H and O–H groups in total. The third-order valence-corrected chi connectivity index (χ3v) is 3.46. The Kier molecular flexibility index (Phi) is 1.83. The topological polar surface area (TPSA) is 40.5 Å². The van der Waals surface area contributed by atoms with Crippen molar-refractivity contribution in [2.75, 3.05) is 7.05 Å². The van der Waals surface area contributed by atoms with Crippen molar-refractivity contribution in [2.45, 2.75) is 37.8 Å². The van der Waals surface area contributed by atoms with Crippen LogP contribution in [0.3, 0.4) is 0 Å². The molecule has 0 radical (unpaired) electrons. The number of likely N-dealkylation sites (N-methyl/N-ethyl adjacent to an activating group) is 1. The second-order valence-corrected chi connectivity index (χ2v) is 4.02. The number of carbonyl (C=O) groups is 1. The Balaban J connectivity index is 2.18. The van der Waals surface area contributed by atoms with Gasteiger partial charge < -0.3 is 5.11 Å². The standard InChI is InChI=1S/C9H15NO2/c1-10-7-4-2-6(3-5-7)8(10)9(11)12/h6-8H,2-5H2,1H3,(H,11,12)/t6?,7?,8-/m1/s1. The minimum absolute atomic E-state index is 0.197. The van der Waals surface area contributed by atoms with Gasteiger partial charge in [-0.25, -0.2) is 0 Å². The van der Waals surface area contributed by atoms with Crippen molar-refractivity contribution in [3.05, 3.63) is 0 Å². The Bertz CT molecular complexity index is 195. The molecule has 0 aromatic carbocycles. The lowest BCUT2D eigenvalue weighted by molar-refractivity contribution is -0.151. The molecule has 3 fully saturated rings. The maximum Gasteiger partial charge on any atom is 0.321 e. The van der Waals surface area contributed by atoms with Crippen LogP contribution in [-0.4, -0.2) is 35.1 Å². The van der Waals surface area contributed by atoms with Crippen molar-refractivity contribution in [1.29, 1.82) is 0 Å². The molecular weight excluding hydrogens is 154 g/mol. The predicted molar refractivity (Wildman–Crippen MR) is 44.9 cm³/mol. The number of fused-ring (bicyclic) bond motifs is 3. The lowest BCUT2D eigenvalue weighted by Crippen LogP contribution is -2.56. The minimum Gasteiger partial charge on any atom is -0.480 e. The van der Waals surface area contributed by atoms with Gasteiger partial charge in [-0.1, -0.05) is 0 Å². The molecule has 2 heterocycles. The van der Waals surface area contributed by atoms with E-state index in [0.717, 1.165) is 12.8 Å². The van der Waals surface area contributed by atoms with E-state index >= 15 is 0 Å². The fourth-order valence-electron chi connectivity index (χ4n) is 2.76. The van der Waals surface area contributed by atoms with Crippen LogP contribution in [0, 0.1) is 5.92 Å². The molecular formula is C9H15NO2. The highest BCUT2D eigenvalue weighted by Crippen LogP contribution is 2.38. The molecule has 0 spiro atoms. The van der Waals surface area contributed by atoms with Crippen molar-refractivity contribution in [2.24, 2.45) is 5.92 Å². The van der Waals surface area contributed by atoms with Crippen LogP contribution < -0.4 is 0 Å². The van der Waals surface area contributed by atoms with E-state index in [9.17, 15) is 4.79 Å². The van der Waals surface area contributed by atoms with Crippen LogP contribution in [-0.2, 0) is 4.79 Å². The van der Waals surface area contributed by atoms with Crippen molar-refractivity contribution in [3.8, 4) is 0 Å². The fourth-order valence-corrected chi connectivity index (χ4v) is 2.76. The van der Waals surface area contributed by atoms with Crippen LogP contribution in [0.1, 0.15) is 25.7 Å². The fraction of sp³-hybridized carbons (Fsp3) is 0.889. The number of nitrogens with zero attached hydrogens (tertiary/aromatic N) is 1. The monoisotopic (exact) mass is 169 g/mol. The average molecular weight is 169 g/mol. The van der Waals surface area contributed by atoms with E-state index in [2.05, 4.69) is 4.90 Å². The van der Waals surface area contributed by atoms with Gasteiger partial charge in [0, 0.05) is 6.04 Å². The highest BCUT2D eigenvalue weighted by Gasteiger charge is 2.43. The van der Waals surface area contributed by atoms with Gasteiger partial charge in [-0.2, -0.15) is 0 Å². The van der Waals surface area contributed by atoms with Crippen LogP contribution in [0.2, 0.25) is 0 Å². The number of carboxylic acid groups (broad SMARTS) is 1. The van der Waals surface area contributed by atoms with Gasteiger partial charge in [-0.3, -0.25) is 9.69 Å². The van der Waals surface area contributed by atoms with Gasteiger partial charge in [-0.15, -0.1) is 0 Å². The Morgan fingerprint density at radius 2 is 1.92 bits per heavy atom. The molecule has 3 nitrogen and oxygen atoms in total. The van der Waals surface area contributed by atoms with Crippen molar-refractivity contribution < 1.29 is 9.90 Å². The summed E-state index contributed by atoms with van der Waals surface area (Å²) in [6.45, 7) is 0. The number of rotatable bonds is 1. The van der Waals surface area contributed by atoms with Gasteiger partial charge in [0.05, 0.1) is 0 Å². The SMILES string of the molecule is CN1C2CCC(CC2)[C@@H]1C(=O)O. The molecule has 3 rings (SSSR count). The molecule has 0 unspecified atom stereocenters. The quantitative estimate of drug-likeness (QED) is 0.635. The number of hydrogen-bond donors (Lipinski definition) is 1. The second-order valence-electron chi connectivity index (χ2n) is 4.02. The summed E-state index contributed by atoms with van der Waals surface area (Å²) in [4.78, 5) is 13.0. The third kappa shape index (κ3) is 1.04. The zero-order chi connectivity index (χ0) is 8.72. The van der Waals surface area contributed by atoms with Crippen LogP contribution >= 0.6 is 0 Å². The second kappa shape index (κ2) is 2.73. The first-order valence-electron chi connectivity index (χ1n) is 4.65. The van der Waals surface area contributed by atoms with Gasteiger partial charge in [0.1, 0.15) is 6.04 Å². The molecule has 1 atom stereocenters. The number of hydrogen-bond acceptors (Lipinski definition) is 2. The summed E-state index contributed by atoms with van der Waals surface area (Å²) in [6.07, 6.45) is 4.63. The summed E-state index contributed by atoms with van der Waals surface area (Å²) >= 11 is 0. The van der Waals surface area contributed by atoms with Crippen LogP contribution in [0.25, 0.3) is 0 Å². The number of piperidine rings is 2. The zero-order valence-corrected chi connectivity index (χ0v) is 7.36. The Morgan fingerprint density at radius 1 is 1.33 bits per heavy atom. The first-order chi connectivity index (χ1) is 5.70. The van der Waals surface area contributed by atoms with E-state index in [-0.39, 0.29) is 6.04 Å².